The minimum Gasteiger partial charge on any atom is -0.237 e. The largest absolute Gasteiger partial charge is 0.237 e. The van der Waals surface area contributed by atoms with E-state index < -0.39 is 0 Å². The molecule has 1 heterocycles. The summed E-state index contributed by atoms with van der Waals surface area (Å²) in [7, 11) is 0. The fraction of sp³-hybridized carbons (Fsp3) is 0.412. The van der Waals surface area contributed by atoms with E-state index in [1.165, 1.54) is 41.6 Å². The molecule has 0 saturated heterocycles. The Kier molecular flexibility index (Phi) is 4.02. The van der Waals surface area contributed by atoms with Crippen LogP contribution in [0.5, 0.6) is 0 Å². The zero-order valence-electron chi connectivity index (χ0n) is 11.8. The van der Waals surface area contributed by atoms with Gasteiger partial charge in [-0.2, -0.15) is 0 Å². The molecule has 1 aliphatic rings. The number of halogens is 1. The van der Waals surface area contributed by atoms with Crippen LogP contribution in [0.15, 0.2) is 24.3 Å². The molecule has 2 nitrogen and oxygen atoms in total. The van der Waals surface area contributed by atoms with E-state index in [1.54, 1.807) is 0 Å². The second-order valence-corrected chi connectivity index (χ2v) is 5.94. The molecule has 0 spiro atoms. The number of aryl methyl sites for hydroxylation is 2. The van der Waals surface area contributed by atoms with Crippen LogP contribution in [0.1, 0.15) is 47.5 Å². The van der Waals surface area contributed by atoms with Gasteiger partial charge in [0, 0.05) is 17.7 Å². The molecule has 104 valence electrons. The second kappa shape index (κ2) is 5.92. The summed E-state index contributed by atoms with van der Waals surface area (Å²) in [6, 6.07) is 8.53. The maximum absolute atomic E-state index is 6.36. The van der Waals surface area contributed by atoms with E-state index in [-0.39, 0.29) is 0 Å². The Hall–Kier alpha value is -1.41. The number of hydrogen-bond donors (Lipinski definition) is 0. The lowest BCUT2D eigenvalue weighted by Crippen LogP contribution is -2.05. The van der Waals surface area contributed by atoms with E-state index in [0.717, 1.165) is 25.1 Å². The van der Waals surface area contributed by atoms with Crippen LogP contribution < -0.4 is 0 Å². The van der Waals surface area contributed by atoms with E-state index in [2.05, 4.69) is 36.2 Å². The average Bonchev–Trinajstić information content (AvgIpc) is 2.67. The highest BCUT2D eigenvalue weighted by Crippen LogP contribution is 2.25. The number of fused-ring (bicyclic) bond motifs is 1. The van der Waals surface area contributed by atoms with Gasteiger partial charge in [0.05, 0.1) is 0 Å². The second-order valence-electron chi connectivity index (χ2n) is 5.58. The predicted molar refractivity (Wildman–Crippen MR) is 82.3 cm³/mol. The zero-order chi connectivity index (χ0) is 13.9. The highest BCUT2D eigenvalue weighted by atomic mass is 35.5. The van der Waals surface area contributed by atoms with Crippen molar-refractivity contribution in [1.82, 2.24) is 9.97 Å². The van der Waals surface area contributed by atoms with Crippen LogP contribution >= 0.6 is 11.6 Å². The van der Waals surface area contributed by atoms with E-state index in [1.807, 2.05) is 0 Å². The monoisotopic (exact) mass is 286 g/mol. The summed E-state index contributed by atoms with van der Waals surface area (Å²) in [6.07, 6.45) is 6.50. The number of rotatable bonds is 2. The van der Waals surface area contributed by atoms with E-state index >= 15 is 0 Å². The minimum absolute atomic E-state index is 0.666. The summed E-state index contributed by atoms with van der Waals surface area (Å²) >= 11 is 6.36. The summed E-state index contributed by atoms with van der Waals surface area (Å²) in [4.78, 5) is 9.26. The van der Waals surface area contributed by atoms with Crippen LogP contribution in [0.25, 0.3) is 0 Å². The van der Waals surface area contributed by atoms with Crippen LogP contribution in [-0.2, 0) is 19.3 Å². The van der Waals surface area contributed by atoms with Gasteiger partial charge in [-0.05, 0) is 38.2 Å². The lowest BCUT2D eigenvalue weighted by atomic mass is 10.1. The third kappa shape index (κ3) is 3.01. The van der Waals surface area contributed by atoms with Crippen molar-refractivity contribution in [3.8, 4) is 0 Å². The molecule has 1 aromatic carbocycles. The third-order valence-corrected chi connectivity index (χ3v) is 4.22. The molecule has 20 heavy (non-hydrogen) atoms. The van der Waals surface area contributed by atoms with Gasteiger partial charge in [-0.1, -0.05) is 47.9 Å². The Bertz CT molecular complexity index is 605. The standard InChI is InChI=1S/C17H19ClN2/c1-12-7-9-13(10-8-12)11-16-19-15-6-4-2-3-5-14(15)17(18)20-16/h7-10H,2-6,11H2,1H3. The maximum atomic E-state index is 6.36. The van der Waals surface area contributed by atoms with Crippen LogP contribution in [0.2, 0.25) is 5.15 Å². The molecule has 1 aromatic heterocycles. The molecule has 3 rings (SSSR count). The Morgan fingerprint density at radius 1 is 1.00 bits per heavy atom. The summed E-state index contributed by atoms with van der Waals surface area (Å²) < 4.78 is 0. The summed E-state index contributed by atoms with van der Waals surface area (Å²) in [5.74, 6) is 0.847. The first kappa shape index (κ1) is 13.6. The predicted octanol–water partition coefficient (Wildman–Crippen LogP) is 4.30. The maximum Gasteiger partial charge on any atom is 0.136 e. The molecule has 0 unspecified atom stereocenters. The first-order chi connectivity index (χ1) is 9.72. The van der Waals surface area contributed by atoms with Crippen molar-refractivity contribution < 1.29 is 0 Å². The Labute approximate surface area is 125 Å². The van der Waals surface area contributed by atoms with Crippen molar-refractivity contribution in [2.24, 2.45) is 0 Å². The van der Waals surface area contributed by atoms with Gasteiger partial charge < -0.3 is 0 Å². The van der Waals surface area contributed by atoms with Crippen LogP contribution in [0.3, 0.4) is 0 Å². The van der Waals surface area contributed by atoms with Gasteiger partial charge in [0.15, 0.2) is 0 Å². The first-order valence-electron chi connectivity index (χ1n) is 7.32. The van der Waals surface area contributed by atoms with Crippen molar-refractivity contribution in [3.63, 3.8) is 0 Å². The van der Waals surface area contributed by atoms with Gasteiger partial charge in [-0.15, -0.1) is 0 Å². The van der Waals surface area contributed by atoms with Gasteiger partial charge in [0.2, 0.25) is 0 Å². The highest BCUT2D eigenvalue weighted by Gasteiger charge is 2.15. The molecule has 0 fully saturated rings. The fourth-order valence-corrected chi connectivity index (χ4v) is 3.04. The number of aromatic nitrogens is 2. The lowest BCUT2D eigenvalue weighted by Gasteiger charge is -2.09. The topological polar surface area (TPSA) is 25.8 Å². The summed E-state index contributed by atoms with van der Waals surface area (Å²) in [5.41, 5.74) is 4.86. The first-order valence-corrected chi connectivity index (χ1v) is 7.70. The van der Waals surface area contributed by atoms with Crippen molar-refractivity contribution in [1.29, 1.82) is 0 Å². The number of hydrogen-bond acceptors (Lipinski definition) is 2. The molecule has 0 amide bonds. The molecule has 0 aliphatic heterocycles. The van der Waals surface area contributed by atoms with E-state index in [0.29, 0.717) is 5.15 Å². The van der Waals surface area contributed by atoms with Gasteiger partial charge in [-0.25, -0.2) is 9.97 Å². The van der Waals surface area contributed by atoms with Crippen molar-refractivity contribution in [3.05, 3.63) is 57.6 Å². The van der Waals surface area contributed by atoms with E-state index in [4.69, 9.17) is 16.6 Å². The van der Waals surface area contributed by atoms with Crippen LogP contribution in [0.4, 0.5) is 0 Å². The lowest BCUT2D eigenvalue weighted by molar-refractivity contribution is 0.708. The Morgan fingerprint density at radius 2 is 1.75 bits per heavy atom. The van der Waals surface area contributed by atoms with Gasteiger partial charge in [0.25, 0.3) is 0 Å². The third-order valence-electron chi connectivity index (χ3n) is 3.91. The minimum atomic E-state index is 0.666. The average molecular weight is 287 g/mol. The highest BCUT2D eigenvalue weighted by molar-refractivity contribution is 6.30. The molecular weight excluding hydrogens is 268 g/mol. The molecule has 0 N–H and O–H groups in total. The van der Waals surface area contributed by atoms with Crippen molar-refractivity contribution in [2.75, 3.05) is 0 Å². The molecule has 0 radical (unpaired) electrons. The number of nitrogens with zero attached hydrogens (tertiary/aromatic N) is 2. The molecule has 3 heteroatoms. The molecule has 0 atom stereocenters. The van der Waals surface area contributed by atoms with Crippen molar-refractivity contribution in [2.45, 2.75) is 45.4 Å². The Morgan fingerprint density at radius 3 is 2.55 bits per heavy atom. The molecular formula is C17H19ClN2. The van der Waals surface area contributed by atoms with Crippen LogP contribution in [-0.4, -0.2) is 9.97 Å². The van der Waals surface area contributed by atoms with Crippen LogP contribution in [0, 0.1) is 6.92 Å². The molecule has 0 bridgehead atoms. The van der Waals surface area contributed by atoms with Gasteiger partial charge in [0.1, 0.15) is 11.0 Å². The zero-order valence-corrected chi connectivity index (χ0v) is 12.6. The number of benzene rings is 1. The normalized spacial score (nSPS) is 14.7. The summed E-state index contributed by atoms with van der Waals surface area (Å²) in [5, 5.41) is 0.666. The van der Waals surface area contributed by atoms with Gasteiger partial charge in [-0.3, -0.25) is 0 Å². The SMILES string of the molecule is Cc1ccc(Cc2nc(Cl)c3c(n2)CCCCC3)cc1. The molecule has 0 saturated carbocycles. The quantitative estimate of drug-likeness (QED) is 0.608. The Balaban J connectivity index is 1.89. The molecule has 2 aromatic rings. The fourth-order valence-electron chi connectivity index (χ4n) is 2.74. The smallest absolute Gasteiger partial charge is 0.136 e. The van der Waals surface area contributed by atoms with Gasteiger partial charge >= 0.3 is 0 Å². The molecule has 1 aliphatic carbocycles. The summed E-state index contributed by atoms with van der Waals surface area (Å²) in [6.45, 7) is 2.10. The van der Waals surface area contributed by atoms with Crippen molar-refractivity contribution >= 4 is 11.6 Å². The van der Waals surface area contributed by atoms with E-state index in [9.17, 15) is 0 Å².